The molecule has 1 atom stereocenters. The minimum atomic E-state index is -4.28. The van der Waals surface area contributed by atoms with Crippen LogP contribution < -0.4 is 9.62 Å². The monoisotopic (exact) mass is 745 g/mol. The molecule has 252 valence electrons. The lowest BCUT2D eigenvalue weighted by Gasteiger charge is -2.35. The molecule has 0 spiro atoms. The van der Waals surface area contributed by atoms with Gasteiger partial charge < -0.3 is 10.2 Å². The molecule has 1 unspecified atom stereocenters. The van der Waals surface area contributed by atoms with Crippen LogP contribution in [-0.4, -0.2) is 43.8 Å². The molecule has 0 saturated heterocycles. The Morgan fingerprint density at radius 1 is 0.729 bits per heavy atom. The number of hydrogen-bond acceptors (Lipinski definition) is 4. The van der Waals surface area contributed by atoms with E-state index in [9.17, 15) is 18.0 Å². The number of halogens is 4. The number of nitrogens with zero attached hydrogens (tertiary/aromatic N) is 2. The summed E-state index contributed by atoms with van der Waals surface area (Å²) in [5.41, 5.74) is 1.60. The molecule has 1 aliphatic rings. The lowest BCUT2D eigenvalue weighted by Crippen LogP contribution is -2.55. The predicted octanol–water partition coefficient (Wildman–Crippen LogP) is 8.58. The van der Waals surface area contributed by atoms with Crippen LogP contribution in [-0.2, 0) is 32.6 Å². The third-order valence-electron chi connectivity index (χ3n) is 8.36. The number of rotatable bonds is 12. The minimum absolute atomic E-state index is 0.0161. The van der Waals surface area contributed by atoms with Gasteiger partial charge in [-0.1, -0.05) is 120 Å². The van der Waals surface area contributed by atoms with Gasteiger partial charge in [0, 0.05) is 19.0 Å². The average molecular weight is 748 g/mol. The van der Waals surface area contributed by atoms with Crippen molar-refractivity contribution in [2.45, 2.75) is 62.0 Å². The molecule has 4 aromatic carbocycles. The van der Waals surface area contributed by atoms with Crippen molar-refractivity contribution in [2.24, 2.45) is 0 Å². The molecule has 1 aliphatic carbocycles. The summed E-state index contributed by atoms with van der Waals surface area (Å²) >= 11 is 25.1. The first-order chi connectivity index (χ1) is 23.0. The third-order valence-corrected chi connectivity index (χ3v) is 11.6. The van der Waals surface area contributed by atoms with Crippen LogP contribution in [0.1, 0.15) is 43.2 Å². The van der Waals surface area contributed by atoms with Crippen LogP contribution in [0.4, 0.5) is 5.69 Å². The van der Waals surface area contributed by atoms with Gasteiger partial charge >= 0.3 is 0 Å². The molecule has 7 nitrogen and oxygen atoms in total. The molecule has 0 radical (unpaired) electrons. The second-order valence-electron chi connectivity index (χ2n) is 11.7. The average Bonchev–Trinajstić information content (AvgIpc) is 3.09. The number of benzene rings is 4. The van der Waals surface area contributed by atoms with E-state index in [4.69, 9.17) is 46.4 Å². The zero-order valence-electron chi connectivity index (χ0n) is 26.0. The van der Waals surface area contributed by atoms with Crippen molar-refractivity contribution in [2.75, 3.05) is 10.8 Å². The van der Waals surface area contributed by atoms with Crippen molar-refractivity contribution < 1.29 is 18.0 Å². The molecule has 12 heteroatoms. The summed E-state index contributed by atoms with van der Waals surface area (Å²) in [4.78, 5) is 30.3. The standard InChI is InChI=1S/C36H35Cl4N3O4S/c37-30-18-16-26(20-32(30)39)23-42(34(21-25-10-4-1-5-11-25)36(45)41-27-12-6-2-7-13-27)35(44)24-43(28-17-19-31(38)33(40)22-28)48(46,47)29-14-8-3-9-15-29/h1,3-5,8-11,14-20,22,27,34H,2,6-7,12-13,21,23-24H2,(H,41,45). The quantitative estimate of drug-likeness (QED) is 0.157. The van der Waals surface area contributed by atoms with E-state index in [0.29, 0.717) is 10.6 Å². The smallest absolute Gasteiger partial charge is 0.264 e. The topological polar surface area (TPSA) is 86.8 Å². The third kappa shape index (κ3) is 9.04. The van der Waals surface area contributed by atoms with E-state index in [1.165, 1.54) is 35.2 Å². The molecule has 0 aliphatic heterocycles. The van der Waals surface area contributed by atoms with Crippen molar-refractivity contribution in [1.82, 2.24) is 10.2 Å². The number of sulfonamides is 1. The van der Waals surface area contributed by atoms with Gasteiger partial charge in [-0.15, -0.1) is 0 Å². The van der Waals surface area contributed by atoms with Gasteiger partial charge in [0.15, 0.2) is 0 Å². The van der Waals surface area contributed by atoms with Crippen molar-refractivity contribution in [3.05, 3.63) is 128 Å². The highest BCUT2D eigenvalue weighted by Crippen LogP contribution is 2.31. The molecule has 0 aromatic heterocycles. The van der Waals surface area contributed by atoms with Crippen LogP contribution in [0.3, 0.4) is 0 Å². The molecule has 1 fully saturated rings. The van der Waals surface area contributed by atoms with E-state index in [2.05, 4.69) is 5.32 Å². The zero-order valence-corrected chi connectivity index (χ0v) is 29.8. The van der Waals surface area contributed by atoms with E-state index in [1.807, 2.05) is 30.3 Å². The van der Waals surface area contributed by atoms with E-state index >= 15 is 0 Å². The normalized spacial score (nSPS) is 14.2. The molecule has 4 aromatic rings. The van der Waals surface area contributed by atoms with E-state index in [1.54, 1.807) is 36.4 Å². The zero-order chi connectivity index (χ0) is 34.3. The Kier molecular flexibility index (Phi) is 12.3. The number of carbonyl (C=O) groups excluding carboxylic acids is 2. The maximum Gasteiger partial charge on any atom is 0.264 e. The summed E-state index contributed by atoms with van der Waals surface area (Å²) in [7, 11) is -4.28. The fraction of sp³-hybridized carbons (Fsp3) is 0.278. The van der Waals surface area contributed by atoms with Crippen molar-refractivity contribution >= 4 is 73.9 Å². The second-order valence-corrected chi connectivity index (χ2v) is 15.2. The summed E-state index contributed by atoms with van der Waals surface area (Å²) in [6.07, 6.45) is 5.04. The van der Waals surface area contributed by atoms with Gasteiger partial charge in [-0.2, -0.15) is 0 Å². The number of nitrogens with one attached hydrogen (secondary N) is 1. The SMILES string of the molecule is O=C(NC1CCCCC1)C(Cc1ccccc1)N(Cc1ccc(Cl)c(Cl)c1)C(=O)CN(c1ccc(Cl)c(Cl)c1)S(=O)(=O)c1ccccc1. The molecule has 1 saturated carbocycles. The molecule has 0 heterocycles. The van der Waals surface area contributed by atoms with Crippen molar-refractivity contribution in [3.63, 3.8) is 0 Å². The molecular formula is C36H35Cl4N3O4S. The van der Waals surface area contributed by atoms with Crippen molar-refractivity contribution in [1.29, 1.82) is 0 Å². The van der Waals surface area contributed by atoms with Crippen LogP contribution >= 0.6 is 46.4 Å². The molecule has 2 amide bonds. The van der Waals surface area contributed by atoms with Gasteiger partial charge in [-0.3, -0.25) is 13.9 Å². The van der Waals surface area contributed by atoms with Gasteiger partial charge in [0.05, 0.1) is 30.7 Å². The summed E-state index contributed by atoms with van der Waals surface area (Å²) in [5.74, 6) is -0.919. The Hall–Kier alpha value is -3.27. The molecule has 48 heavy (non-hydrogen) atoms. The van der Waals surface area contributed by atoms with Gasteiger partial charge in [-0.05, 0) is 66.4 Å². The van der Waals surface area contributed by atoms with Gasteiger partial charge in [0.1, 0.15) is 12.6 Å². The summed E-state index contributed by atoms with van der Waals surface area (Å²) in [6.45, 7) is -0.662. The van der Waals surface area contributed by atoms with Crippen LogP contribution in [0.5, 0.6) is 0 Å². The fourth-order valence-corrected chi connectivity index (χ4v) is 7.86. The van der Waals surface area contributed by atoms with Crippen LogP contribution in [0.15, 0.2) is 102 Å². The summed E-state index contributed by atoms with van der Waals surface area (Å²) < 4.78 is 29.3. The number of amides is 2. The fourth-order valence-electron chi connectivity index (χ4n) is 5.82. The highest BCUT2D eigenvalue weighted by atomic mass is 35.5. The largest absolute Gasteiger partial charge is 0.352 e. The first-order valence-corrected chi connectivity index (χ1v) is 18.6. The first-order valence-electron chi connectivity index (χ1n) is 15.6. The predicted molar refractivity (Wildman–Crippen MR) is 193 cm³/mol. The summed E-state index contributed by atoms with van der Waals surface area (Å²) in [6, 6.07) is 25.6. The molecule has 1 N–H and O–H groups in total. The maximum atomic E-state index is 14.7. The Balaban J connectivity index is 1.58. The first kappa shape index (κ1) is 36.0. The van der Waals surface area contributed by atoms with Gasteiger partial charge in [-0.25, -0.2) is 8.42 Å². The Labute approximate surface area is 301 Å². The Morgan fingerprint density at radius 3 is 1.96 bits per heavy atom. The molecular weight excluding hydrogens is 712 g/mol. The summed E-state index contributed by atoms with van der Waals surface area (Å²) in [5, 5.41) is 4.17. The van der Waals surface area contributed by atoms with E-state index < -0.39 is 28.5 Å². The number of hydrogen-bond donors (Lipinski definition) is 1. The Bertz CT molecular complexity index is 1840. The maximum absolute atomic E-state index is 14.7. The van der Waals surface area contributed by atoms with Crippen LogP contribution in [0, 0.1) is 0 Å². The lowest BCUT2D eigenvalue weighted by molar-refractivity contribution is -0.140. The van der Waals surface area contributed by atoms with Gasteiger partial charge in [0.2, 0.25) is 11.8 Å². The highest BCUT2D eigenvalue weighted by molar-refractivity contribution is 7.92. The van der Waals surface area contributed by atoms with E-state index in [-0.39, 0.29) is 50.6 Å². The van der Waals surface area contributed by atoms with Crippen LogP contribution in [0.25, 0.3) is 0 Å². The van der Waals surface area contributed by atoms with Crippen molar-refractivity contribution in [3.8, 4) is 0 Å². The Morgan fingerprint density at radius 2 is 1.33 bits per heavy atom. The molecule has 0 bridgehead atoms. The number of carbonyl (C=O) groups is 2. The lowest BCUT2D eigenvalue weighted by atomic mass is 9.94. The van der Waals surface area contributed by atoms with E-state index in [0.717, 1.165) is 42.0 Å². The highest BCUT2D eigenvalue weighted by Gasteiger charge is 2.35. The molecule has 5 rings (SSSR count). The van der Waals surface area contributed by atoms with Gasteiger partial charge in [0.25, 0.3) is 10.0 Å². The minimum Gasteiger partial charge on any atom is -0.352 e. The second kappa shape index (κ2) is 16.4. The van der Waals surface area contributed by atoms with Crippen LogP contribution in [0.2, 0.25) is 20.1 Å². The number of anilines is 1.